The van der Waals surface area contributed by atoms with Crippen LogP contribution in [0.3, 0.4) is 0 Å². The second-order valence-corrected chi connectivity index (χ2v) is 6.66. The molecule has 0 atom stereocenters. The lowest BCUT2D eigenvalue weighted by Gasteiger charge is -2.27. The largest absolute Gasteiger partial charge is 0.378 e. The third-order valence-corrected chi connectivity index (χ3v) is 3.84. The Balaban J connectivity index is 1.85. The molecule has 6 nitrogen and oxygen atoms in total. The van der Waals surface area contributed by atoms with Crippen molar-refractivity contribution in [2.24, 2.45) is 0 Å². The van der Waals surface area contributed by atoms with Gasteiger partial charge < -0.3 is 14.2 Å². The fourth-order valence-corrected chi connectivity index (χ4v) is 2.52. The van der Waals surface area contributed by atoms with E-state index in [-0.39, 0.29) is 11.3 Å². The first kappa shape index (κ1) is 15.0. The Bertz CT molecular complexity index is 681. The topological polar surface area (TPSA) is 60.2 Å². The third kappa shape index (κ3) is 2.97. The van der Waals surface area contributed by atoms with Gasteiger partial charge in [0, 0.05) is 36.3 Å². The predicted molar refractivity (Wildman–Crippen MR) is 83.6 cm³/mol. The lowest BCUT2D eigenvalue weighted by atomic mass is 9.96. The van der Waals surface area contributed by atoms with Crippen LogP contribution in [0, 0.1) is 0 Å². The molecule has 3 rings (SSSR count). The van der Waals surface area contributed by atoms with Crippen LogP contribution < -0.4 is 0 Å². The van der Waals surface area contributed by atoms with Crippen LogP contribution in [0.4, 0.5) is 0 Å². The van der Waals surface area contributed by atoms with Crippen LogP contribution in [0.1, 0.15) is 26.6 Å². The van der Waals surface area contributed by atoms with Gasteiger partial charge in [-0.25, -0.2) is 9.97 Å². The number of hydrogen-bond donors (Lipinski definition) is 0. The highest BCUT2D eigenvalue weighted by atomic mass is 16.5. The molecule has 3 heterocycles. The van der Waals surface area contributed by atoms with E-state index in [1.54, 1.807) is 0 Å². The molecule has 0 N–H and O–H groups in total. The number of amides is 1. The molecular formula is C16H22N4O2. The average molecular weight is 302 g/mol. The van der Waals surface area contributed by atoms with Crippen LogP contribution in [0.5, 0.6) is 0 Å². The second kappa shape index (κ2) is 5.68. The van der Waals surface area contributed by atoms with E-state index in [4.69, 9.17) is 4.74 Å². The van der Waals surface area contributed by atoms with Crippen molar-refractivity contribution in [3.05, 3.63) is 24.3 Å². The summed E-state index contributed by atoms with van der Waals surface area (Å²) >= 11 is 0. The summed E-state index contributed by atoms with van der Waals surface area (Å²) in [5.74, 6) is 0.899. The first-order valence-electron chi connectivity index (χ1n) is 7.63. The Labute approximate surface area is 130 Å². The number of carbonyl (C=O) groups excluding carboxylic acids is 1. The molecule has 0 radical (unpaired) electrons. The van der Waals surface area contributed by atoms with Gasteiger partial charge in [0.15, 0.2) is 0 Å². The Hall–Kier alpha value is -1.95. The summed E-state index contributed by atoms with van der Waals surface area (Å²) in [6, 6.07) is 1.95. The minimum absolute atomic E-state index is 0.108. The van der Waals surface area contributed by atoms with E-state index < -0.39 is 0 Å². The molecule has 2 aromatic rings. The molecule has 1 fully saturated rings. The predicted octanol–water partition coefficient (Wildman–Crippen LogP) is 1.59. The molecule has 0 bridgehead atoms. The zero-order valence-electron chi connectivity index (χ0n) is 13.4. The molecule has 118 valence electrons. The highest BCUT2D eigenvalue weighted by Crippen LogP contribution is 2.21. The fraction of sp³-hybridized carbons (Fsp3) is 0.562. The van der Waals surface area contributed by atoms with Crippen molar-refractivity contribution in [2.75, 3.05) is 26.3 Å². The van der Waals surface area contributed by atoms with Crippen LogP contribution in [-0.2, 0) is 21.5 Å². The van der Waals surface area contributed by atoms with Crippen LogP contribution in [-0.4, -0.2) is 51.6 Å². The molecule has 0 saturated carbocycles. The average Bonchev–Trinajstić information content (AvgIpc) is 2.89. The van der Waals surface area contributed by atoms with Gasteiger partial charge in [-0.15, -0.1) is 0 Å². The Morgan fingerprint density at radius 3 is 2.73 bits per heavy atom. The number of ether oxygens (including phenoxy) is 1. The molecule has 1 amide bonds. The normalized spacial score (nSPS) is 16.2. The summed E-state index contributed by atoms with van der Waals surface area (Å²) in [7, 11) is 0. The van der Waals surface area contributed by atoms with Gasteiger partial charge >= 0.3 is 0 Å². The van der Waals surface area contributed by atoms with Crippen molar-refractivity contribution >= 4 is 16.9 Å². The quantitative estimate of drug-likeness (QED) is 0.845. The number of carbonyl (C=O) groups is 1. The van der Waals surface area contributed by atoms with Crippen molar-refractivity contribution < 1.29 is 9.53 Å². The third-order valence-electron chi connectivity index (χ3n) is 3.84. The minimum atomic E-state index is -0.114. The number of morpholine rings is 1. The maximum atomic E-state index is 12.4. The van der Waals surface area contributed by atoms with Gasteiger partial charge in [0.05, 0.1) is 13.2 Å². The van der Waals surface area contributed by atoms with Crippen LogP contribution >= 0.6 is 0 Å². The minimum Gasteiger partial charge on any atom is -0.378 e. The molecule has 0 aliphatic carbocycles. The zero-order valence-corrected chi connectivity index (χ0v) is 13.4. The summed E-state index contributed by atoms with van der Waals surface area (Å²) < 4.78 is 7.19. The van der Waals surface area contributed by atoms with Crippen molar-refractivity contribution in [1.82, 2.24) is 19.4 Å². The number of aromatic nitrogens is 3. The second-order valence-electron chi connectivity index (χ2n) is 6.66. The maximum absolute atomic E-state index is 12.4. The Kier molecular flexibility index (Phi) is 3.87. The first-order valence-corrected chi connectivity index (χ1v) is 7.63. The van der Waals surface area contributed by atoms with E-state index in [0.717, 1.165) is 16.9 Å². The van der Waals surface area contributed by atoms with E-state index in [2.05, 4.69) is 30.7 Å². The van der Waals surface area contributed by atoms with Gasteiger partial charge in [0.25, 0.3) is 0 Å². The number of hydrogen-bond acceptors (Lipinski definition) is 4. The SMILES string of the molecule is CC(C)(C)c1ncc2ccn(CC(=O)N3CCOCC3)c2n1. The van der Waals surface area contributed by atoms with Crippen molar-refractivity contribution in [1.29, 1.82) is 0 Å². The fourth-order valence-electron chi connectivity index (χ4n) is 2.52. The Morgan fingerprint density at radius 2 is 2.05 bits per heavy atom. The van der Waals surface area contributed by atoms with Gasteiger partial charge in [-0.3, -0.25) is 4.79 Å². The van der Waals surface area contributed by atoms with Gasteiger partial charge in [-0.2, -0.15) is 0 Å². The summed E-state index contributed by atoms with van der Waals surface area (Å²) in [6.07, 6.45) is 3.74. The highest BCUT2D eigenvalue weighted by molar-refractivity contribution is 5.80. The van der Waals surface area contributed by atoms with Crippen LogP contribution in [0.2, 0.25) is 0 Å². The smallest absolute Gasteiger partial charge is 0.242 e. The molecule has 0 unspecified atom stereocenters. The van der Waals surface area contributed by atoms with Gasteiger partial charge in [-0.05, 0) is 6.07 Å². The zero-order chi connectivity index (χ0) is 15.7. The standard InChI is InChI=1S/C16H22N4O2/c1-16(2,3)15-17-10-12-4-5-20(14(12)18-15)11-13(21)19-6-8-22-9-7-19/h4-5,10H,6-9,11H2,1-3H3. The number of fused-ring (bicyclic) bond motifs is 1. The molecule has 6 heteroatoms. The van der Waals surface area contributed by atoms with E-state index in [1.165, 1.54) is 0 Å². The molecule has 1 aliphatic heterocycles. The maximum Gasteiger partial charge on any atom is 0.242 e. The van der Waals surface area contributed by atoms with E-state index in [9.17, 15) is 4.79 Å². The lowest BCUT2D eigenvalue weighted by molar-refractivity contribution is -0.135. The molecule has 0 aromatic carbocycles. The summed E-state index contributed by atoms with van der Waals surface area (Å²) in [6.45, 7) is 9.13. The Morgan fingerprint density at radius 1 is 1.32 bits per heavy atom. The first-order chi connectivity index (χ1) is 10.4. The lowest BCUT2D eigenvalue weighted by Crippen LogP contribution is -2.42. The molecule has 2 aromatic heterocycles. The molecule has 1 saturated heterocycles. The van der Waals surface area contributed by atoms with Crippen molar-refractivity contribution in [3.63, 3.8) is 0 Å². The van der Waals surface area contributed by atoms with Crippen LogP contribution in [0.15, 0.2) is 18.5 Å². The molecule has 1 aliphatic rings. The summed E-state index contributed by atoms with van der Waals surface area (Å²) in [5.41, 5.74) is 0.707. The van der Waals surface area contributed by atoms with E-state index >= 15 is 0 Å². The molecule has 22 heavy (non-hydrogen) atoms. The molecule has 0 spiro atoms. The van der Waals surface area contributed by atoms with Crippen LogP contribution in [0.25, 0.3) is 11.0 Å². The van der Waals surface area contributed by atoms with Gasteiger partial charge in [-0.1, -0.05) is 20.8 Å². The number of rotatable bonds is 2. The van der Waals surface area contributed by atoms with Crippen molar-refractivity contribution in [3.8, 4) is 0 Å². The van der Waals surface area contributed by atoms with E-state index in [1.807, 2.05) is 27.9 Å². The monoisotopic (exact) mass is 302 g/mol. The highest BCUT2D eigenvalue weighted by Gasteiger charge is 2.20. The van der Waals surface area contributed by atoms with E-state index in [0.29, 0.717) is 32.8 Å². The number of nitrogens with zero attached hydrogens (tertiary/aromatic N) is 4. The van der Waals surface area contributed by atoms with Gasteiger partial charge in [0.1, 0.15) is 18.0 Å². The van der Waals surface area contributed by atoms with Crippen molar-refractivity contribution in [2.45, 2.75) is 32.7 Å². The summed E-state index contributed by atoms with van der Waals surface area (Å²) in [5, 5.41) is 0.961. The van der Waals surface area contributed by atoms with Gasteiger partial charge in [0.2, 0.25) is 5.91 Å². The molecular weight excluding hydrogens is 280 g/mol. The summed E-state index contributed by atoms with van der Waals surface area (Å²) in [4.78, 5) is 23.3.